The van der Waals surface area contributed by atoms with Crippen LogP contribution in [-0.2, 0) is 11.2 Å². The Labute approximate surface area is 157 Å². The lowest BCUT2D eigenvalue weighted by atomic mass is 10.1. The maximum absolute atomic E-state index is 12.3. The highest BCUT2D eigenvalue weighted by Gasteiger charge is 2.27. The van der Waals surface area contributed by atoms with Crippen LogP contribution in [0.5, 0.6) is 5.75 Å². The lowest BCUT2D eigenvalue weighted by molar-refractivity contribution is -0.116. The van der Waals surface area contributed by atoms with E-state index in [9.17, 15) is 4.79 Å². The van der Waals surface area contributed by atoms with Gasteiger partial charge in [-0.15, -0.1) is 0 Å². The average molecular weight is 365 g/mol. The second kappa shape index (κ2) is 8.45. The van der Waals surface area contributed by atoms with E-state index in [1.807, 2.05) is 36.4 Å². The molecule has 1 saturated heterocycles. The minimum atomic E-state index is -0.228. The molecule has 0 radical (unpaired) electrons. The summed E-state index contributed by atoms with van der Waals surface area (Å²) in [5.74, 6) is 0.453. The molecule has 2 aromatic rings. The topological polar surface area (TPSA) is 74.2 Å². The van der Waals surface area contributed by atoms with Crippen LogP contribution in [0.3, 0.4) is 0 Å². The van der Waals surface area contributed by atoms with Gasteiger partial charge in [0.15, 0.2) is 12.1 Å². The van der Waals surface area contributed by atoms with Gasteiger partial charge in [0.25, 0.3) is 5.91 Å². The number of hydrogen-bond donors (Lipinski definition) is 2. The van der Waals surface area contributed by atoms with Crippen LogP contribution < -0.4 is 15.4 Å². The third kappa shape index (κ3) is 4.38. The summed E-state index contributed by atoms with van der Waals surface area (Å²) in [6, 6.07) is 17.5. The second-order valence-corrected chi connectivity index (χ2v) is 6.81. The maximum atomic E-state index is 12.3. The normalized spacial score (nSPS) is 17.6. The number of nitrogens with zero attached hydrogens (tertiary/aromatic N) is 1. The highest BCUT2D eigenvalue weighted by molar-refractivity contribution is 8.05. The molecular formula is C20H19N3O2S. The van der Waals surface area contributed by atoms with E-state index in [0.29, 0.717) is 10.7 Å². The van der Waals surface area contributed by atoms with Gasteiger partial charge in [0.2, 0.25) is 0 Å². The summed E-state index contributed by atoms with van der Waals surface area (Å²) < 4.78 is 5.41. The second-order valence-electron chi connectivity index (χ2n) is 5.66. The van der Waals surface area contributed by atoms with Crippen LogP contribution in [0.15, 0.2) is 53.4 Å². The van der Waals surface area contributed by atoms with Crippen LogP contribution in [0.25, 0.3) is 6.08 Å². The Hall–Kier alpha value is -2.91. The predicted molar refractivity (Wildman–Crippen MR) is 104 cm³/mol. The van der Waals surface area contributed by atoms with Crippen LogP contribution in [0, 0.1) is 11.3 Å². The van der Waals surface area contributed by atoms with Crippen LogP contribution in [0.1, 0.15) is 18.1 Å². The van der Waals surface area contributed by atoms with Crippen molar-refractivity contribution >= 4 is 29.4 Å². The molecule has 0 spiro atoms. The highest BCUT2D eigenvalue weighted by atomic mass is 32.2. The fraction of sp³-hybridized carbons (Fsp3) is 0.200. The summed E-state index contributed by atoms with van der Waals surface area (Å²) >= 11 is 1.42. The first-order chi connectivity index (χ1) is 12.7. The summed E-state index contributed by atoms with van der Waals surface area (Å²) in [5.41, 5.74) is 2.77. The van der Waals surface area contributed by atoms with Crippen molar-refractivity contribution in [2.24, 2.45) is 0 Å². The Morgan fingerprint density at radius 1 is 1.27 bits per heavy atom. The summed E-state index contributed by atoms with van der Waals surface area (Å²) in [7, 11) is 0. The standard InChI is InChI=1S/C20H19N3O2S/c1-2-14-7-9-16(10-8-14)22-20-23-19(24)18(26-20)13-15-5-3-4-6-17(15)25-12-11-21/h3-10,13,20,22H,2,12H2,1H3,(H,23,24)/b18-13-/t20-/m0/s1. The Bertz CT molecular complexity index is 856. The number of ether oxygens (including phenoxy) is 1. The minimum absolute atomic E-state index is 0.0303. The van der Waals surface area contributed by atoms with Crippen molar-refractivity contribution in [1.82, 2.24) is 5.32 Å². The van der Waals surface area contributed by atoms with Crippen molar-refractivity contribution in [1.29, 1.82) is 5.26 Å². The molecule has 0 aliphatic carbocycles. The van der Waals surface area contributed by atoms with E-state index in [1.54, 1.807) is 12.1 Å². The molecule has 2 N–H and O–H groups in total. The first-order valence-electron chi connectivity index (χ1n) is 8.33. The van der Waals surface area contributed by atoms with Crippen molar-refractivity contribution in [3.63, 3.8) is 0 Å². The molecule has 0 saturated carbocycles. The lowest BCUT2D eigenvalue weighted by Gasteiger charge is -2.13. The van der Waals surface area contributed by atoms with Gasteiger partial charge in [0.05, 0.1) is 4.91 Å². The quantitative estimate of drug-likeness (QED) is 0.763. The third-order valence-corrected chi connectivity index (χ3v) is 4.92. The van der Waals surface area contributed by atoms with E-state index in [0.717, 1.165) is 17.7 Å². The predicted octanol–water partition coefficient (Wildman–Crippen LogP) is 3.75. The fourth-order valence-electron chi connectivity index (χ4n) is 2.54. The van der Waals surface area contributed by atoms with Gasteiger partial charge in [0.1, 0.15) is 11.8 Å². The number of nitriles is 1. The molecule has 5 nitrogen and oxygen atoms in total. The number of hydrogen-bond acceptors (Lipinski definition) is 5. The van der Waals surface area contributed by atoms with E-state index in [4.69, 9.17) is 10.00 Å². The number of aryl methyl sites for hydroxylation is 1. The van der Waals surface area contributed by atoms with E-state index in [1.165, 1.54) is 17.3 Å². The number of benzene rings is 2. The molecule has 26 heavy (non-hydrogen) atoms. The molecule has 3 rings (SSSR count). The zero-order chi connectivity index (χ0) is 18.4. The van der Waals surface area contributed by atoms with E-state index < -0.39 is 0 Å². The number of carbonyl (C=O) groups excluding carboxylic acids is 1. The van der Waals surface area contributed by atoms with Crippen molar-refractivity contribution in [2.45, 2.75) is 18.8 Å². The zero-order valence-corrected chi connectivity index (χ0v) is 15.2. The maximum Gasteiger partial charge on any atom is 0.260 e. The molecule has 1 fully saturated rings. The first-order valence-corrected chi connectivity index (χ1v) is 9.21. The van der Waals surface area contributed by atoms with Crippen molar-refractivity contribution < 1.29 is 9.53 Å². The Kier molecular flexibility index (Phi) is 5.82. The average Bonchev–Trinajstić information content (AvgIpc) is 3.00. The van der Waals surface area contributed by atoms with Gasteiger partial charge >= 0.3 is 0 Å². The van der Waals surface area contributed by atoms with E-state index >= 15 is 0 Å². The largest absolute Gasteiger partial charge is 0.478 e. The SMILES string of the molecule is CCc1ccc(N[C@H]2NC(=O)/C(=C/c3ccccc3OCC#N)S2)cc1. The van der Waals surface area contributed by atoms with Crippen molar-refractivity contribution in [3.8, 4) is 11.8 Å². The van der Waals surface area contributed by atoms with E-state index in [2.05, 4.69) is 29.7 Å². The van der Waals surface area contributed by atoms with Gasteiger partial charge in [-0.2, -0.15) is 5.26 Å². The summed E-state index contributed by atoms with van der Waals surface area (Å²) in [5, 5.41) is 14.9. The molecule has 1 atom stereocenters. The highest BCUT2D eigenvalue weighted by Crippen LogP contribution is 2.32. The van der Waals surface area contributed by atoms with Gasteiger partial charge in [-0.1, -0.05) is 49.0 Å². The number of anilines is 1. The van der Waals surface area contributed by atoms with Gasteiger partial charge in [0, 0.05) is 11.3 Å². The molecule has 1 aliphatic rings. The Morgan fingerprint density at radius 3 is 2.77 bits per heavy atom. The van der Waals surface area contributed by atoms with Crippen LogP contribution in [0.4, 0.5) is 5.69 Å². The summed E-state index contributed by atoms with van der Waals surface area (Å²) in [4.78, 5) is 12.9. The van der Waals surface area contributed by atoms with Crippen molar-refractivity contribution in [3.05, 3.63) is 64.6 Å². The summed E-state index contributed by atoms with van der Waals surface area (Å²) in [6.45, 7) is 2.09. The number of rotatable bonds is 6. The molecule has 132 valence electrons. The Morgan fingerprint density at radius 2 is 2.04 bits per heavy atom. The first kappa shape index (κ1) is 17.9. The van der Waals surface area contributed by atoms with Crippen LogP contribution in [0.2, 0.25) is 0 Å². The number of amides is 1. The molecule has 2 aromatic carbocycles. The van der Waals surface area contributed by atoms with Crippen LogP contribution >= 0.6 is 11.8 Å². The smallest absolute Gasteiger partial charge is 0.260 e. The molecule has 0 aromatic heterocycles. The zero-order valence-electron chi connectivity index (χ0n) is 14.4. The number of para-hydroxylation sites is 1. The number of nitrogens with one attached hydrogen (secondary N) is 2. The van der Waals surface area contributed by atoms with Gasteiger partial charge in [-0.3, -0.25) is 4.79 Å². The fourth-order valence-corrected chi connectivity index (χ4v) is 3.51. The number of thioether (sulfide) groups is 1. The molecule has 6 heteroatoms. The molecule has 0 bridgehead atoms. The Balaban J connectivity index is 1.71. The summed E-state index contributed by atoms with van der Waals surface area (Å²) in [6.07, 6.45) is 2.78. The minimum Gasteiger partial charge on any atom is -0.478 e. The van der Waals surface area contributed by atoms with Crippen molar-refractivity contribution in [2.75, 3.05) is 11.9 Å². The van der Waals surface area contributed by atoms with E-state index in [-0.39, 0.29) is 18.0 Å². The van der Waals surface area contributed by atoms with Crippen LogP contribution in [-0.4, -0.2) is 18.0 Å². The molecule has 0 unspecified atom stereocenters. The lowest BCUT2D eigenvalue weighted by Crippen LogP contribution is -2.30. The molecular weight excluding hydrogens is 346 g/mol. The molecule has 1 amide bonds. The van der Waals surface area contributed by atoms with Gasteiger partial charge in [-0.05, 0) is 36.3 Å². The molecule has 1 aliphatic heterocycles. The monoisotopic (exact) mass is 365 g/mol. The molecule has 1 heterocycles. The third-order valence-electron chi connectivity index (χ3n) is 3.89. The van der Waals surface area contributed by atoms with Gasteiger partial charge in [-0.25, -0.2) is 0 Å². The number of carbonyl (C=O) groups is 1. The van der Waals surface area contributed by atoms with Gasteiger partial charge < -0.3 is 15.4 Å².